The molecule has 4 nitrogen and oxygen atoms in total. The third-order valence-corrected chi connectivity index (χ3v) is 5.01. The van der Waals surface area contributed by atoms with Gasteiger partial charge in [-0.2, -0.15) is 17.6 Å². The number of rotatable bonds is 4. The highest BCUT2D eigenvalue weighted by molar-refractivity contribution is 6.33. The summed E-state index contributed by atoms with van der Waals surface area (Å²) in [5.74, 6) is -10.0. The van der Waals surface area contributed by atoms with Crippen LogP contribution in [0.25, 0.3) is 5.83 Å². The molecule has 0 amide bonds. The summed E-state index contributed by atoms with van der Waals surface area (Å²) in [5.41, 5.74) is -3.08. The summed E-state index contributed by atoms with van der Waals surface area (Å²) < 4.78 is 92.5. The number of benzene rings is 1. The summed E-state index contributed by atoms with van der Waals surface area (Å²) in [7, 11) is 0. The third kappa shape index (κ3) is 3.49. The van der Waals surface area contributed by atoms with Gasteiger partial charge in [-0.3, -0.25) is 0 Å². The number of alkyl halides is 3. The first-order valence-corrected chi connectivity index (χ1v) is 8.61. The van der Waals surface area contributed by atoms with Crippen LogP contribution < -0.4 is 9.47 Å². The Hall–Kier alpha value is -2.10. The number of fused-ring (bicyclic) bond motifs is 1. The number of carbonyl (C=O) groups is 1. The molecule has 11 heteroatoms. The van der Waals surface area contributed by atoms with Gasteiger partial charge in [0.25, 0.3) is 0 Å². The van der Waals surface area contributed by atoms with E-state index in [0.29, 0.717) is 0 Å². The van der Waals surface area contributed by atoms with Crippen molar-refractivity contribution in [3.05, 3.63) is 27.8 Å². The smallest absolute Gasteiger partial charge is 0.430 e. The molecule has 0 aromatic heterocycles. The molecule has 1 aliphatic carbocycles. The van der Waals surface area contributed by atoms with E-state index in [1.165, 1.54) is 0 Å². The van der Waals surface area contributed by atoms with E-state index in [1.54, 1.807) is 0 Å². The molecule has 154 valence electrons. The summed E-state index contributed by atoms with van der Waals surface area (Å²) in [6.07, 6.45) is -5.33. The first-order chi connectivity index (χ1) is 13.0. The Balaban J connectivity index is 2.10. The van der Waals surface area contributed by atoms with Crippen LogP contribution in [0.1, 0.15) is 31.2 Å². The van der Waals surface area contributed by atoms with Gasteiger partial charge in [-0.15, -0.1) is 0 Å². The molecule has 1 fully saturated rings. The number of halogens is 7. The topological polar surface area (TPSA) is 55.8 Å². The van der Waals surface area contributed by atoms with Crippen LogP contribution in [0.5, 0.6) is 11.5 Å². The van der Waals surface area contributed by atoms with Crippen molar-refractivity contribution >= 4 is 23.4 Å². The van der Waals surface area contributed by atoms with Crippen LogP contribution in [0.4, 0.5) is 26.3 Å². The van der Waals surface area contributed by atoms with Gasteiger partial charge in [0.15, 0.2) is 17.3 Å². The molecule has 1 saturated carbocycles. The lowest BCUT2D eigenvalue weighted by Gasteiger charge is -2.29. The Bertz CT molecular complexity index is 845. The second-order valence-corrected chi connectivity index (χ2v) is 6.89. The van der Waals surface area contributed by atoms with Gasteiger partial charge < -0.3 is 14.6 Å². The molecule has 1 aliphatic heterocycles. The first kappa shape index (κ1) is 20.6. The minimum atomic E-state index is -5.37. The molecule has 1 N–H and O–H groups in total. The molecule has 1 aromatic rings. The van der Waals surface area contributed by atoms with Crippen LogP contribution in [0.3, 0.4) is 0 Å². The lowest BCUT2D eigenvalue weighted by atomic mass is 9.99. The summed E-state index contributed by atoms with van der Waals surface area (Å²) in [4.78, 5) is 11.1. The maximum Gasteiger partial charge on any atom is 0.430 e. The SMILES string of the molecule is O=C(O)C1=C(F)c2c(Cl)c(F)c(OCC3CCCC3)c(F)c2OC1C(F)(F)F. The molecule has 0 spiro atoms. The van der Waals surface area contributed by atoms with E-state index in [1.807, 2.05) is 0 Å². The second-order valence-electron chi connectivity index (χ2n) is 6.51. The molecular formula is C17H13ClF6O4. The molecule has 1 atom stereocenters. The Morgan fingerprint density at radius 3 is 2.32 bits per heavy atom. The van der Waals surface area contributed by atoms with Crippen molar-refractivity contribution in [2.24, 2.45) is 5.92 Å². The molecule has 1 unspecified atom stereocenters. The number of hydrogen-bond acceptors (Lipinski definition) is 3. The average molecular weight is 431 g/mol. The van der Waals surface area contributed by atoms with Crippen LogP contribution >= 0.6 is 11.6 Å². The van der Waals surface area contributed by atoms with Gasteiger partial charge >= 0.3 is 12.1 Å². The Morgan fingerprint density at radius 2 is 1.79 bits per heavy atom. The third-order valence-electron chi connectivity index (χ3n) is 4.66. The van der Waals surface area contributed by atoms with Crippen molar-refractivity contribution in [1.82, 2.24) is 0 Å². The zero-order valence-corrected chi connectivity index (χ0v) is 14.8. The van der Waals surface area contributed by atoms with E-state index in [4.69, 9.17) is 21.4 Å². The summed E-state index contributed by atoms with van der Waals surface area (Å²) in [6.45, 7) is -0.107. The van der Waals surface area contributed by atoms with Crippen molar-refractivity contribution < 1.29 is 45.7 Å². The number of ether oxygens (including phenoxy) is 2. The van der Waals surface area contributed by atoms with Crippen LogP contribution in [0, 0.1) is 17.6 Å². The zero-order valence-electron chi connectivity index (χ0n) is 14.0. The average Bonchev–Trinajstić information content (AvgIpc) is 3.11. The molecule has 0 bridgehead atoms. The molecule has 2 aliphatic rings. The maximum atomic E-state index is 14.7. The summed E-state index contributed by atoms with van der Waals surface area (Å²) in [6, 6.07) is 0. The Morgan fingerprint density at radius 1 is 1.18 bits per heavy atom. The molecular weight excluding hydrogens is 418 g/mol. The van der Waals surface area contributed by atoms with Gasteiger partial charge in [-0.25, -0.2) is 13.6 Å². The Kier molecular flexibility index (Phi) is 5.44. The second kappa shape index (κ2) is 7.38. The van der Waals surface area contributed by atoms with Crippen molar-refractivity contribution in [1.29, 1.82) is 0 Å². The minimum Gasteiger partial charge on any atom is -0.487 e. The monoisotopic (exact) mass is 430 g/mol. The summed E-state index contributed by atoms with van der Waals surface area (Å²) in [5, 5.41) is 7.79. The molecule has 28 heavy (non-hydrogen) atoms. The van der Waals surface area contributed by atoms with E-state index in [2.05, 4.69) is 4.74 Å². The Labute approximate surface area is 159 Å². The first-order valence-electron chi connectivity index (χ1n) is 8.24. The van der Waals surface area contributed by atoms with E-state index in [0.717, 1.165) is 25.7 Å². The largest absolute Gasteiger partial charge is 0.487 e. The normalized spacial score (nSPS) is 20.2. The fourth-order valence-corrected chi connectivity index (χ4v) is 3.55. The van der Waals surface area contributed by atoms with Crippen molar-refractivity contribution in [3.8, 4) is 11.5 Å². The van der Waals surface area contributed by atoms with E-state index >= 15 is 0 Å². The van der Waals surface area contributed by atoms with Crippen molar-refractivity contribution in [3.63, 3.8) is 0 Å². The van der Waals surface area contributed by atoms with Gasteiger partial charge in [-0.1, -0.05) is 24.4 Å². The van der Waals surface area contributed by atoms with Gasteiger partial charge in [0.05, 0.1) is 17.2 Å². The molecule has 1 aromatic carbocycles. The van der Waals surface area contributed by atoms with Gasteiger partial charge in [0.2, 0.25) is 11.9 Å². The van der Waals surface area contributed by atoms with Gasteiger partial charge in [0, 0.05) is 0 Å². The molecule has 0 saturated heterocycles. The number of carboxylic acids is 1. The molecule has 0 radical (unpaired) electrons. The fraction of sp³-hybridized carbons (Fsp3) is 0.471. The molecule has 3 rings (SSSR count). The van der Waals surface area contributed by atoms with Gasteiger partial charge in [-0.05, 0) is 18.8 Å². The predicted molar refractivity (Wildman–Crippen MR) is 85.0 cm³/mol. The maximum absolute atomic E-state index is 14.7. The van der Waals surface area contributed by atoms with E-state index in [9.17, 15) is 31.1 Å². The number of hydrogen-bond donors (Lipinski definition) is 1. The summed E-state index contributed by atoms with van der Waals surface area (Å²) >= 11 is 5.66. The number of carboxylic acid groups (broad SMARTS) is 1. The van der Waals surface area contributed by atoms with Crippen LogP contribution in [0.2, 0.25) is 5.02 Å². The highest BCUT2D eigenvalue weighted by atomic mass is 35.5. The van der Waals surface area contributed by atoms with Crippen molar-refractivity contribution in [2.45, 2.75) is 38.0 Å². The van der Waals surface area contributed by atoms with Crippen molar-refractivity contribution in [2.75, 3.05) is 6.61 Å². The fourth-order valence-electron chi connectivity index (χ4n) is 3.29. The predicted octanol–water partition coefficient (Wildman–Crippen LogP) is 5.28. The highest BCUT2D eigenvalue weighted by Gasteiger charge is 2.52. The number of aliphatic carboxylic acids is 1. The van der Waals surface area contributed by atoms with E-state index in [-0.39, 0.29) is 12.5 Å². The van der Waals surface area contributed by atoms with Gasteiger partial charge in [0.1, 0.15) is 11.4 Å². The van der Waals surface area contributed by atoms with Crippen LogP contribution in [-0.2, 0) is 4.79 Å². The van der Waals surface area contributed by atoms with E-state index < -0.39 is 63.4 Å². The lowest BCUT2D eigenvalue weighted by molar-refractivity contribution is -0.188. The lowest BCUT2D eigenvalue weighted by Crippen LogP contribution is -2.41. The minimum absolute atomic E-state index is 0.00712. The van der Waals surface area contributed by atoms with Crippen LogP contribution in [0.15, 0.2) is 5.57 Å². The highest BCUT2D eigenvalue weighted by Crippen LogP contribution is 2.50. The molecule has 1 heterocycles. The standard InChI is InChI=1S/C17H13ClF6O4/c18-9-7-10(19)8(16(25)26)15(17(22,23)24)28-13(7)12(21)14(11(9)20)27-5-6-3-1-2-4-6/h6,15H,1-5H2,(H,25,26). The van der Waals surface area contributed by atoms with Crippen LogP contribution in [-0.4, -0.2) is 30.0 Å². The zero-order chi connectivity index (χ0) is 20.8. The quantitative estimate of drug-likeness (QED) is 0.522.